The molecule has 0 unspecified atom stereocenters. The third kappa shape index (κ3) is 3.03. The van der Waals surface area contributed by atoms with Crippen LogP contribution in [0.15, 0.2) is 48.7 Å². The molecule has 21 heavy (non-hydrogen) atoms. The maximum absolute atomic E-state index is 10.6. The van der Waals surface area contributed by atoms with Crippen molar-refractivity contribution in [1.82, 2.24) is 10.2 Å². The number of thiophene rings is 1. The van der Waals surface area contributed by atoms with Crippen LogP contribution in [0.25, 0.3) is 10.6 Å². The molecule has 0 atom stereocenters. The van der Waals surface area contributed by atoms with Crippen molar-refractivity contribution in [2.24, 2.45) is 0 Å². The first-order valence-electron chi connectivity index (χ1n) is 6.63. The molecule has 2 aromatic heterocycles. The summed E-state index contributed by atoms with van der Waals surface area (Å²) in [6.07, 6.45) is 4.24. The van der Waals surface area contributed by atoms with E-state index < -0.39 is 5.97 Å². The van der Waals surface area contributed by atoms with Crippen LogP contribution in [-0.4, -0.2) is 21.3 Å². The van der Waals surface area contributed by atoms with Crippen molar-refractivity contribution in [3.05, 3.63) is 64.7 Å². The number of aromatic nitrogens is 2. The van der Waals surface area contributed by atoms with Gasteiger partial charge in [-0.2, -0.15) is 5.10 Å². The van der Waals surface area contributed by atoms with Crippen molar-refractivity contribution in [2.45, 2.75) is 12.8 Å². The fourth-order valence-corrected chi connectivity index (χ4v) is 2.95. The predicted molar refractivity (Wildman–Crippen MR) is 82.7 cm³/mol. The number of H-pyrrole nitrogens is 1. The van der Waals surface area contributed by atoms with Crippen LogP contribution in [0.1, 0.15) is 20.8 Å². The lowest BCUT2D eigenvalue weighted by Crippen LogP contribution is -2.06. The molecule has 0 amide bonds. The van der Waals surface area contributed by atoms with Gasteiger partial charge >= 0.3 is 5.97 Å². The molecule has 0 radical (unpaired) electrons. The first-order chi connectivity index (χ1) is 10.2. The molecule has 4 rings (SSSR count). The molecule has 2 N–H and O–H groups in total. The molecule has 4 nitrogen and oxygen atoms in total. The number of carbonyl (C=O) groups is 1. The third-order valence-corrected chi connectivity index (χ3v) is 4.47. The molecule has 0 saturated carbocycles. The second-order valence-corrected chi connectivity index (χ2v) is 5.79. The van der Waals surface area contributed by atoms with E-state index in [2.05, 4.69) is 34.5 Å². The Bertz CT molecular complexity index is 724. The summed E-state index contributed by atoms with van der Waals surface area (Å²) in [6, 6.07) is 13.8. The van der Waals surface area contributed by atoms with E-state index in [1.165, 1.54) is 24.2 Å². The lowest BCUT2D eigenvalue weighted by Gasteiger charge is -2.16. The molecule has 5 heteroatoms. The van der Waals surface area contributed by atoms with Gasteiger partial charge in [0.25, 0.3) is 0 Å². The van der Waals surface area contributed by atoms with E-state index in [0.717, 1.165) is 10.6 Å². The Balaban J connectivity index is 0.000000140. The smallest absolute Gasteiger partial charge is 0.345 e. The van der Waals surface area contributed by atoms with Gasteiger partial charge in [0.05, 0.1) is 10.6 Å². The number of benzene rings is 1. The van der Waals surface area contributed by atoms with E-state index in [1.54, 1.807) is 35.5 Å². The Morgan fingerprint density at radius 2 is 1.81 bits per heavy atom. The predicted octanol–water partition coefficient (Wildman–Crippen LogP) is 3.62. The summed E-state index contributed by atoms with van der Waals surface area (Å²) in [5.74, 6) is -0.893. The highest BCUT2D eigenvalue weighted by Crippen LogP contribution is 2.25. The van der Waals surface area contributed by atoms with Gasteiger partial charge in [0.2, 0.25) is 0 Å². The molecular weight excluding hydrogens is 284 g/mol. The van der Waals surface area contributed by atoms with Crippen molar-refractivity contribution < 1.29 is 9.90 Å². The molecule has 1 aliphatic carbocycles. The average molecular weight is 298 g/mol. The van der Waals surface area contributed by atoms with E-state index in [9.17, 15) is 4.79 Å². The van der Waals surface area contributed by atoms with Crippen LogP contribution < -0.4 is 0 Å². The Hall–Kier alpha value is -2.40. The van der Waals surface area contributed by atoms with Gasteiger partial charge in [-0.25, -0.2) is 4.79 Å². The summed E-state index contributed by atoms with van der Waals surface area (Å²) in [7, 11) is 0. The van der Waals surface area contributed by atoms with Crippen LogP contribution in [-0.2, 0) is 12.8 Å². The molecule has 1 aliphatic rings. The molecule has 0 bridgehead atoms. The number of hydrogen-bond donors (Lipinski definition) is 2. The van der Waals surface area contributed by atoms with Crippen molar-refractivity contribution in [2.75, 3.05) is 0 Å². The average Bonchev–Trinajstić information content (AvgIpc) is 3.11. The molecule has 2 heterocycles. The van der Waals surface area contributed by atoms with Crippen molar-refractivity contribution in [3.63, 3.8) is 0 Å². The van der Waals surface area contributed by atoms with Crippen LogP contribution in [0.2, 0.25) is 0 Å². The summed E-state index contributed by atoms with van der Waals surface area (Å²) >= 11 is 1.23. The highest BCUT2D eigenvalue weighted by atomic mass is 32.1. The largest absolute Gasteiger partial charge is 0.477 e. The van der Waals surface area contributed by atoms with Crippen LogP contribution in [0.4, 0.5) is 0 Å². The number of aromatic amines is 1. The number of hydrogen-bond acceptors (Lipinski definition) is 3. The minimum Gasteiger partial charge on any atom is -0.477 e. The number of nitrogens with one attached hydrogen (secondary N) is 1. The third-order valence-electron chi connectivity index (χ3n) is 3.37. The Labute approximate surface area is 126 Å². The maximum Gasteiger partial charge on any atom is 0.345 e. The first kappa shape index (κ1) is 13.6. The second-order valence-electron chi connectivity index (χ2n) is 4.71. The number of nitrogens with zero attached hydrogens (tertiary/aromatic N) is 1. The number of fused-ring (bicyclic) bond motifs is 1. The first-order valence-corrected chi connectivity index (χ1v) is 7.45. The SMILES string of the molecule is O=C(O)c1ccc(-c2ccn[nH]2)s1.c1ccc2c(c1)CC2. The highest BCUT2D eigenvalue weighted by Gasteiger charge is 2.09. The molecule has 0 spiro atoms. The Morgan fingerprint density at radius 3 is 2.24 bits per heavy atom. The van der Waals surface area contributed by atoms with E-state index in [0.29, 0.717) is 4.88 Å². The number of rotatable bonds is 2. The zero-order valence-electron chi connectivity index (χ0n) is 11.2. The highest BCUT2D eigenvalue weighted by molar-refractivity contribution is 7.17. The zero-order valence-corrected chi connectivity index (χ0v) is 12.1. The van der Waals surface area contributed by atoms with Crippen molar-refractivity contribution >= 4 is 17.3 Å². The molecule has 3 aromatic rings. The van der Waals surface area contributed by atoms with Crippen LogP contribution in [0, 0.1) is 0 Å². The van der Waals surface area contributed by atoms with Gasteiger partial charge in [-0.05, 0) is 42.2 Å². The summed E-state index contributed by atoms with van der Waals surface area (Å²) < 4.78 is 0. The number of aromatic carboxylic acids is 1. The topological polar surface area (TPSA) is 66.0 Å². The molecule has 0 aliphatic heterocycles. The molecule has 106 valence electrons. The minimum absolute atomic E-state index is 0.338. The van der Waals surface area contributed by atoms with E-state index in [-0.39, 0.29) is 0 Å². The fraction of sp³-hybridized carbons (Fsp3) is 0.125. The summed E-state index contributed by atoms with van der Waals surface area (Å²) in [5.41, 5.74) is 3.94. The van der Waals surface area contributed by atoms with Crippen LogP contribution >= 0.6 is 11.3 Å². The van der Waals surface area contributed by atoms with Gasteiger partial charge in [0.1, 0.15) is 4.88 Å². The van der Waals surface area contributed by atoms with Crippen LogP contribution in [0.3, 0.4) is 0 Å². The lowest BCUT2D eigenvalue weighted by atomic mass is 9.89. The molecule has 0 saturated heterocycles. The number of carboxylic acid groups (broad SMARTS) is 1. The number of aryl methyl sites for hydroxylation is 2. The quantitative estimate of drug-likeness (QED) is 0.759. The van der Waals surface area contributed by atoms with Gasteiger partial charge in [-0.1, -0.05) is 24.3 Å². The monoisotopic (exact) mass is 298 g/mol. The molecule has 1 aromatic carbocycles. The van der Waals surface area contributed by atoms with Gasteiger partial charge < -0.3 is 5.11 Å². The van der Waals surface area contributed by atoms with Gasteiger partial charge in [0.15, 0.2) is 0 Å². The maximum atomic E-state index is 10.6. The van der Waals surface area contributed by atoms with Gasteiger partial charge in [0, 0.05) is 6.20 Å². The van der Waals surface area contributed by atoms with Crippen molar-refractivity contribution in [3.8, 4) is 10.6 Å². The summed E-state index contributed by atoms with van der Waals surface area (Å²) in [4.78, 5) is 11.8. The summed E-state index contributed by atoms with van der Waals surface area (Å²) in [5, 5.41) is 15.2. The second kappa shape index (κ2) is 5.93. The number of carboxylic acids is 1. The van der Waals surface area contributed by atoms with Gasteiger partial charge in [-0.15, -0.1) is 11.3 Å². The fourth-order valence-electron chi connectivity index (χ4n) is 2.13. The zero-order chi connectivity index (χ0) is 14.7. The normalized spacial score (nSPS) is 11.8. The minimum atomic E-state index is -0.893. The molecular formula is C16H14N2O2S. The van der Waals surface area contributed by atoms with Crippen LogP contribution in [0.5, 0.6) is 0 Å². The van der Waals surface area contributed by atoms with E-state index >= 15 is 0 Å². The van der Waals surface area contributed by atoms with E-state index in [1.807, 2.05) is 0 Å². The standard InChI is InChI=1S/C8H6N2O2S.C8H8/c11-8(12)7-2-1-6(13-7)5-3-4-9-10-5;1-2-4-8-6-5-7(8)3-1/h1-4H,(H,9,10)(H,11,12);1-4H,5-6H2. The Morgan fingerprint density at radius 1 is 1.10 bits per heavy atom. The summed E-state index contributed by atoms with van der Waals surface area (Å²) in [6.45, 7) is 0. The molecule has 0 fully saturated rings. The van der Waals surface area contributed by atoms with E-state index in [4.69, 9.17) is 5.11 Å². The Kier molecular flexibility index (Phi) is 3.83. The van der Waals surface area contributed by atoms with Crippen molar-refractivity contribution in [1.29, 1.82) is 0 Å². The van der Waals surface area contributed by atoms with Gasteiger partial charge in [-0.3, -0.25) is 5.10 Å². The lowest BCUT2D eigenvalue weighted by molar-refractivity contribution is 0.0702.